The first kappa shape index (κ1) is 17.6. The lowest BCUT2D eigenvalue weighted by Crippen LogP contribution is -2.20. The van der Waals surface area contributed by atoms with Crippen molar-refractivity contribution in [1.29, 1.82) is 0 Å². The van der Waals surface area contributed by atoms with E-state index in [1.165, 1.54) is 0 Å². The molecule has 0 aliphatic rings. The summed E-state index contributed by atoms with van der Waals surface area (Å²) in [7, 11) is 0. The summed E-state index contributed by atoms with van der Waals surface area (Å²) in [5.74, 6) is -1.88. The fourth-order valence-electron chi connectivity index (χ4n) is 1.73. The summed E-state index contributed by atoms with van der Waals surface area (Å²) in [6, 6.07) is 9.23. The van der Waals surface area contributed by atoms with Crippen LogP contribution in [0.1, 0.15) is 31.7 Å². The first-order valence-electron chi connectivity index (χ1n) is 7.03. The van der Waals surface area contributed by atoms with Crippen LogP contribution in [0, 0.1) is 0 Å². The van der Waals surface area contributed by atoms with Gasteiger partial charge in [-0.3, -0.25) is 9.59 Å². The summed E-state index contributed by atoms with van der Waals surface area (Å²) in [4.78, 5) is 34.9. The largest absolute Gasteiger partial charge is 0.463 e. The second-order valence-corrected chi connectivity index (χ2v) is 4.76. The fraction of sp³-hybridized carbons (Fsp3) is 0.353. The molecule has 5 nitrogen and oxygen atoms in total. The molecule has 0 amide bonds. The Hall–Kier alpha value is -2.43. The third kappa shape index (κ3) is 5.52. The zero-order chi connectivity index (χ0) is 16.5. The maximum atomic E-state index is 12.0. The number of carbonyl (C=O) groups is 3. The first-order valence-corrected chi connectivity index (χ1v) is 7.03. The molecule has 0 radical (unpaired) electrons. The van der Waals surface area contributed by atoms with Gasteiger partial charge in [0.15, 0.2) is 12.4 Å². The van der Waals surface area contributed by atoms with Gasteiger partial charge in [0.1, 0.15) is 0 Å². The molecule has 0 heterocycles. The van der Waals surface area contributed by atoms with Crippen LogP contribution in [-0.4, -0.2) is 30.9 Å². The van der Waals surface area contributed by atoms with Crippen molar-refractivity contribution < 1.29 is 23.9 Å². The van der Waals surface area contributed by atoms with Crippen LogP contribution in [-0.2, 0) is 23.9 Å². The molecule has 0 spiro atoms. The van der Waals surface area contributed by atoms with E-state index in [0.29, 0.717) is 0 Å². The van der Waals surface area contributed by atoms with Gasteiger partial charge in [-0.25, -0.2) is 4.79 Å². The molecule has 22 heavy (non-hydrogen) atoms. The van der Waals surface area contributed by atoms with Crippen LogP contribution < -0.4 is 0 Å². The highest BCUT2D eigenvalue weighted by molar-refractivity contribution is 5.94. The van der Waals surface area contributed by atoms with Gasteiger partial charge in [-0.1, -0.05) is 43.8 Å². The lowest BCUT2D eigenvalue weighted by atomic mass is 9.97. The summed E-state index contributed by atoms with van der Waals surface area (Å²) in [5, 5.41) is 0. The number of hydrogen-bond donors (Lipinski definition) is 0. The number of esters is 2. The van der Waals surface area contributed by atoms with Crippen molar-refractivity contribution in [3.05, 3.63) is 48.0 Å². The highest BCUT2D eigenvalue weighted by atomic mass is 16.5. The van der Waals surface area contributed by atoms with E-state index < -0.39 is 11.9 Å². The minimum Gasteiger partial charge on any atom is -0.463 e. The van der Waals surface area contributed by atoms with Gasteiger partial charge in [0.25, 0.3) is 0 Å². The molecular formula is C17H20O5. The monoisotopic (exact) mass is 304 g/mol. The Bertz CT molecular complexity index is 547. The second-order valence-electron chi connectivity index (χ2n) is 4.76. The molecule has 1 aromatic carbocycles. The molecule has 0 bridgehead atoms. The molecule has 1 aromatic rings. The average molecular weight is 304 g/mol. The normalized spacial score (nSPS) is 11.4. The van der Waals surface area contributed by atoms with Crippen molar-refractivity contribution in [2.75, 3.05) is 13.2 Å². The van der Waals surface area contributed by atoms with E-state index in [9.17, 15) is 14.4 Å². The lowest BCUT2D eigenvalue weighted by molar-refractivity contribution is -0.149. The van der Waals surface area contributed by atoms with Crippen LogP contribution in [0.4, 0.5) is 0 Å². The van der Waals surface area contributed by atoms with E-state index in [2.05, 4.69) is 6.58 Å². The molecule has 0 N–H and O–H groups in total. The quantitative estimate of drug-likeness (QED) is 0.545. The van der Waals surface area contributed by atoms with Crippen molar-refractivity contribution in [1.82, 2.24) is 0 Å². The molecule has 0 aliphatic carbocycles. The van der Waals surface area contributed by atoms with Crippen molar-refractivity contribution >= 4 is 17.7 Å². The molecular weight excluding hydrogens is 284 g/mol. The SMILES string of the molecule is C=C(CC(=O)OCC(=O)C(C)c1ccccc1)C(=O)OCC. The molecule has 0 fully saturated rings. The van der Waals surface area contributed by atoms with Crippen molar-refractivity contribution in [2.24, 2.45) is 0 Å². The van der Waals surface area contributed by atoms with E-state index in [-0.39, 0.29) is 36.9 Å². The van der Waals surface area contributed by atoms with E-state index in [4.69, 9.17) is 9.47 Å². The number of Topliss-reactive ketones (excluding diaryl/α,β-unsaturated/α-hetero) is 1. The zero-order valence-electron chi connectivity index (χ0n) is 12.8. The predicted octanol–water partition coefficient (Wildman–Crippen LogP) is 2.41. The molecule has 1 atom stereocenters. The first-order chi connectivity index (χ1) is 10.5. The van der Waals surface area contributed by atoms with E-state index in [1.807, 2.05) is 30.3 Å². The second kappa shape index (κ2) is 8.77. The highest BCUT2D eigenvalue weighted by Crippen LogP contribution is 2.15. The summed E-state index contributed by atoms with van der Waals surface area (Å²) in [6.07, 6.45) is -0.286. The van der Waals surface area contributed by atoms with Gasteiger partial charge in [0, 0.05) is 11.5 Å². The topological polar surface area (TPSA) is 69.7 Å². The van der Waals surface area contributed by atoms with Gasteiger partial charge < -0.3 is 9.47 Å². The van der Waals surface area contributed by atoms with Crippen molar-refractivity contribution in [2.45, 2.75) is 26.2 Å². The Morgan fingerprint density at radius 3 is 2.36 bits per heavy atom. The van der Waals surface area contributed by atoms with Gasteiger partial charge >= 0.3 is 11.9 Å². The third-order valence-corrected chi connectivity index (χ3v) is 3.08. The predicted molar refractivity (Wildman–Crippen MR) is 81.2 cm³/mol. The molecule has 1 unspecified atom stereocenters. The van der Waals surface area contributed by atoms with Crippen LogP contribution in [0.15, 0.2) is 42.5 Å². The van der Waals surface area contributed by atoms with Gasteiger partial charge in [0.05, 0.1) is 13.0 Å². The minimum atomic E-state index is -0.674. The summed E-state index contributed by atoms with van der Waals surface area (Å²) in [6.45, 7) is 6.76. The Kier molecular flexibility index (Phi) is 7.02. The van der Waals surface area contributed by atoms with Crippen LogP contribution in [0.5, 0.6) is 0 Å². The molecule has 0 saturated carbocycles. The van der Waals surface area contributed by atoms with Crippen LogP contribution in [0.3, 0.4) is 0 Å². The van der Waals surface area contributed by atoms with E-state index in [1.54, 1.807) is 13.8 Å². The van der Waals surface area contributed by atoms with Crippen LogP contribution in [0.25, 0.3) is 0 Å². The Morgan fingerprint density at radius 2 is 1.77 bits per heavy atom. The molecule has 0 aromatic heterocycles. The number of benzene rings is 1. The maximum absolute atomic E-state index is 12.0. The number of rotatable bonds is 8. The molecule has 118 valence electrons. The molecule has 1 rings (SSSR count). The van der Waals surface area contributed by atoms with Crippen LogP contribution in [0.2, 0.25) is 0 Å². The minimum absolute atomic E-state index is 0.00964. The Labute approximate surface area is 129 Å². The van der Waals surface area contributed by atoms with Crippen molar-refractivity contribution in [3.63, 3.8) is 0 Å². The van der Waals surface area contributed by atoms with Gasteiger partial charge in [-0.05, 0) is 12.5 Å². The summed E-state index contributed by atoms with van der Waals surface area (Å²) in [5.41, 5.74) is 0.870. The molecule has 5 heteroatoms. The summed E-state index contributed by atoms with van der Waals surface area (Å²) < 4.78 is 9.60. The van der Waals surface area contributed by atoms with Gasteiger partial charge in [0.2, 0.25) is 0 Å². The van der Waals surface area contributed by atoms with E-state index in [0.717, 1.165) is 5.56 Å². The standard InChI is InChI=1S/C17H20O5/c1-4-21-17(20)12(2)10-16(19)22-11-15(18)13(3)14-8-6-5-7-9-14/h5-9,13H,2,4,10-11H2,1,3H3. The maximum Gasteiger partial charge on any atom is 0.333 e. The Balaban J connectivity index is 2.42. The van der Waals surface area contributed by atoms with Crippen LogP contribution >= 0.6 is 0 Å². The third-order valence-electron chi connectivity index (χ3n) is 3.08. The Morgan fingerprint density at radius 1 is 1.14 bits per heavy atom. The number of carbonyl (C=O) groups excluding carboxylic acids is 3. The number of hydrogen-bond acceptors (Lipinski definition) is 5. The average Bonchev–Trinajstić information content (AvgIpc) is 2.52. The highest BCUT2D eigenvalue weighted by Gasteiger charge is 2.18. The summed E-state index contributed by atoms with van der Waals surface area (Å²) >= 11 is 0. The molecule has 0 saturated heterocycles. The smallest absolute Gasteiger partial charge is 0.333 e. The zero-order valence-corrected chi connectivity index (χ0v) is 12.8. The van der Waals surface area contributed by atoms with Gasteiger partial charge in [-0.2, -0.15) is 0 Å². The van der Waals surface area contributed by atoms with E-state index >= 15 is 0 Å². The molecule has 0 aliphatic heterocycles. The van der Waals surface area contributed by atoms with Gasteiger partial charge in [-0.15, -0.1) is 0 Å². The number of ether oxygens (including phenoxy) is 2. The number of ketones is 1. The lowest BCUT2D eigenvalue weighted by Gasteiger charge is -2.11. The fourth-order valence-corrected chi connectivity index (χ4v) is 1.73. The van der Waals surface area contributed by atoms with Crippen molar-refractivity contribution in [3.8, 4) is 0 Å².